The van der Waals surface area contributed by atoms with E-state index < -0.39 is 5.60 Å². The summed E-state index contributed by atoms with van der Waals surface area (Å²) in [6.07, 6.45) is -0.290. The average Bonchev–Trinajstić information content (AvgIpc) is 2.24. The third kappa shape index (κ3) is 4.99. The van der Waals surface area contributed by atoms with E-state index in [0.717, 1.165) is 0 Å². The Morgan fingerprint density at radius 3 is 2.67 bits per heavy atom. The number of amides is 2. The van der Waals surface area contributed by atoms with E-state index in [1.165, 1.54) is 6.92 Å². The first-order valence-electron chi connectivity index (χ1n) is 5.89. The molecular formula is C11H21N3O4. The van der Waals surface area contributed by atoms with E-state index in [1.54, 1.807) is 0 Å². The minimum absolute atomic E-state index is 0.0761. The Morgan fingerprint density at radius 2 is 2.11 bits per heavy atom. The van der Waals surface area contributed by atoms with E-state index >= 15 is 0 Å². The lowest BCUT2D eigenvalue weighted by molar-refractivity contribution is -0.153. The highest BCUT2D eigenvalue weighted by Gasteiger charge is 2.33. The number of rotatable bonds is 3. The molecule has 0 bridgehead atoms. The molecule has 3 N–H and O–H groups in total. The van der Waals surface area contributed by atoms with Gasteiger partial charge in [0.25, 0.3) is 5.91 Å². The van der Waals surface area contributed by atoms with Gasteiger partial charge in [-0.05, 0) is 13.8 Å². The second-order valence-electron chi connectivity index (χ2n) is 5.08. The zero-order valence-corrected chi connectivity index (χ0v) is 11.0. The summed E-state index contributed by atoms with van der Waals surface area (Å²) in [5, 5.41) is 9.14. The smallest absolute Gasteiger partial charge is 0.252 e. The predicted molar refractivity (Wildman–Crippen MR) is 64.4 cm³/mol. The van der Waals surface area contributed by atoms with Crippen LogP contribution in [-0.4, -0.2) is 59.8 Å². The van der Waals surface area contributed by atoms with Gasteiger partial charge in [0.15, 0.2) is 0 Å². The molecule has 1 unspecified atom stereocenters. The van der Waals surface area contributed by atoms with Crippen molar-refractivity contribution >= 4 is 11.8 Å². The second-order valence-corrected chi connectivity index (χ2v) is 5.08. The molecule has 104 valence electrons. The highest BCUT2D eigenvalue weighted by atomic mass is 16.5. The van der Waals surface area contributed by atoms with Gasteiger partial charge < -0.3 is 9.84 Å². The third-order valence-electron chi connectivity index (χ3n) is 2.50. The molecule has 0 spiro atoms. The van der Waals surface area contributed by atoms with Crippen molar-refractivity contribution in [2.24, 2.45) is 0 Å². The summed E-state index contributed by atoms with van der Waals surface area (Å²) < 4.78 is 5.64. The standard InChI is InChI=1S/C11H21N3O4/c1-8(16)12-13-10(17)5-14-4-9(6-15)18-11(2,3)7-14/h9,15H,4-7H2,1-3H3,(H,12,16)(H,13,17). The monoisotopic (exact) mass is 259 g/mol. The maximum Gasteiger partial charge on any atom is 0.252 e. The molecule has 18 heavy (non-hydrogen) atoms. The number of aliphatic hydroxyl groups is 1. The number of hydrazine groups is 1. The van der Waals surface area contributed by atoms with Crippen LogP contribution in [0.2, 0.25) is 0 Å². The minimum Gasteiger partial charge on any atom is -0.394 e. The van der Waals surface area contributed by atoms with Crippen LogP contribution in [0.3, 0.4) is 0 Å². The first-order chi connectivity index (χ1) is 8.32. The Balaban J connectivity index is 2.45. The van der Waals surface area contributed by atoms with Crippen molar-refractivity contribution in [2.75, 3.05) is 26.2 Å². The molecule has 0 aromatic heterocycles. The number of carbonyl (C=O) groups is 2. The van der Waals surface area contributed by atoms with Crippen LogP contribution in [0.4, 0.5) is 0 Å². The van der Waals surface area contributed by atoms with Gasteiger partial charge in [0.1, 0.15) is 0 Å². The molecule has 2 amide bonds. The van der Waals surface area contributed by atoms with Crippen LogP contribution in [0, 0.1) is 0 Å². The summed E-state index contributed by atoms with van der Waals surface area (Å²) in [6.45, 7) is 6.31. The fraction of sp³-hybridized carbons (Fsp3) is 0.818. The second kappa shape index (κ2) is 6.12. The molecule has 7 nitrogen and oxygen atoms in total. The van der Waals surface area contributed by atoms with E-state index in [9.17, 15) is 9.59 Å². The van der Waals surface area contributed by atoms with Crippen LogP contribution in [0.25, 0.3) is 0 Å². The normalized spacial score (nSPS) is 23.4. The van der Waals surface area contributed by atoms with Crippen molar-refractivity contribution in [3.8, 4) is 0 Å². The molecule has 1 saturated heterocycles. The predicted octanol–water partition coefficient (Wildman–Crippen LogP) is -1.37. The van der Waals surface area contributed by atoms with Crippen LogP contribution in [0.1, 0.15) is 20.8 Å². The Morgan fingerprint density at radius 1 is 1.44 bits per heavy atom. The molecule has 1 aliphatic heterocycles. The highest BCUT2D eigenvalue weighted by molar-refractivity contribution is 5.81. The van der Waals surface area contributed by atoms with Crippen LogP contribution >= 0.6 is 0 Å². The molecule has 0 aromatic carbocycles. The molecule has 1 atom stereocenters. The van der Waals surface area contributed by atoms with Crippen LogP contribution in [0.15, 0.2) is 0 Å². The van der Waals surface area contributed by atoms with Gasteiger partial charge in [0, 0.05) is 20.0 Å². The van der Waals surface area contributed by atoms with Crippen molar-refractivity contribution in [3.05, 3.63) is 0 Å². The molecule has 0 radical (unpaired) electrons. The van der Waals surface area contributed by atoms with E-state index in [4.69, 9.17) is 9.84 Å². The lowest BCUT2D eigenvalue weighted by Gasteiger charge is -2.41. The number of aliphatic hydroxyl groups excluding tert-OH is 1. The van der Waals surface area contributed by atoms with Crippen molar-refractivity contribution in [1.82, 2.24) is 15.8 Å². The quantitative estimate of drug-likeness (QED) is 0.544. The van der Waals surface area contributed by atoms with Crippen LogP contribution < -0.4 is 10.9 Å². The number of hydrogen-bond acceptors (Lipinski definition) is 5. The van der Waals surface area contributed by atoms with Crippen molar-refractivity contribution < 1.29 is 19.4 Å². The molecule has 7 heteroatoms. The van der Waals surface area contributed by atoms with Gasteiger partial charge in [-0.15, -0.1) is 0 Å². The minimum atomic E-state index is -0.403. The number of hydrogen-bond donors (Lipinski definition) is 3. The van der Waals surface area contributed by atoms with Gasteiger partial charge in [-0.1, -0.05) is 0 Å². The largest absolute Gasteiger partial charge is 0.394 e. The van der Waals surface area contributed by atoms with Gasteiger partial charge in [-0.2, -0.15) is 0 Å². The zero-order chi connectivity index (χ0) is 13.8. The maximum absolute atomic E-state index is 11.6. The molecule has 1 fully saturated rings. The number of ether oxygens (including phenoxy) is 1. The molecule has 0 saturated carbocycles. The van der Waals surface area contributed by atoms with E-state index in [-0.39, 0.29) is 31.1 Å². The van der Waals surface area contributed by atoms with Crippen LogP contribution in [-0.2, 0) is 14.3 Å². The molecule has 1 heterocycles. The number of nitrogens with zero attached hydrogens (tertiary/aromatic N) is 1. The summed E-state index contributed by atoms with van der Waals surface area (Å²) in [7, 11) is 0. The fourth-order valence-electron chi connectivity index (χ4n) is 2.03. The average molecular weight is 259 g/mol. The van der Waals surface area contributed by atoms with Crippen LogP contribution in [0.5, 0.6) is 0 Å². The summed E-state index contributed by atoms with van der Waals surface area (Å²) in [4.78, 5) is 24.1. The van der Waals surface area contributed by atoms with E-state index in [0.29, 0.717) is 13.1 Å². The first-order valence-corrected chi connectivity index (χ1v) is 5.89. The summed E-state index contributed by atoms with van der Waals surface area (Å²) >= 11 is 0. The molecule has 1 rings (SSSR count). The number of morpholine rings is 1. The zero-order valence-electron chi connectivity index (χ0n) is 11.0. The van der Waals surface area contributed by atoms with Crippen molar-refractivity contribution in [3.63, 3.8) is 0 Å². The SMILES string of the molecule is CC(=O)NNC(=O)CN1CC(CO)OC(C)(C)C1. The molecule has 1 aliphatic rings. The summed E-state index contributed by atoms with van der Waals surface area (Å²) in [5.41, 5.74) is 4.14. The summed E-state index contributed by atoms with van der Waals surface area (Å²) in [6, 6.07) is 0. The van der Waals surface area contributed by atoms with E-state index in [2.05, 4.69) is 10.9 Å². The van der Waals surface area contributed by atoms with Crippen molar-refractivity contribution in [1.29, 1.82) is 0 Å². The highest BCUT2D eigenvalue weighted by Crippen LogP contribution is 2.20. The maximum atomic E-state index is 11.6. The van der Waals surface area contributed by atoms with Gasteiger partial charge in [0.2, 0.25) is 5.91 Å². The van der Waals surface area contributed by atoms with Gasteiger partial charge in [0.05, 0.1) is 24.9 Å². The first kappa shape index (κ1) is 14.9. The topological polar surface area (TPSA) is 90.9 Å². The molecule has 0 aromatic rings. The Hall–Kier alpha value is -1.18. The lowest BCUT2D eigenvalue weighted by atomic mass is 10.1. The Labute approximate surface area is 106 Å². The Bertz CT molecular complexity index is 319. The fourth-order valence-corrected chi connectivity index (χ4v) is 2.03. The molecule has 0 aliphatic carbocycles. The third-order valence-corrected chi connectivity index (χ3v) is 2.50. The lowest BCUT2D eigenvalue weighted by Crippen LogP contribution is -2.56. The number of nitrogens with one attached hydrogen (secondary N) is 2. The van der Waals surface area contributed by atoms with Gasteiger partial charge in [-0.3, -0.25) is 25.3 Å². The van der Waals surface area contributed by atoms with E-state index in [1.807, 2.05) is 18.7 Å². The van der Waals surface area contributed by atoms with Gasteiger partial charge >= 0.3 is 0 Å². The Kier molecular flexibility index (Phi) is 5.06. The van der Waals surface area contributed by atoms with Crippen molar-refractivity contribution in [2.45, 2.75) is 32.5 Å². The molecular weight excluding hydrogens is 238 g/mol. The van der Waals surface area contributed by atoms with Gasteiger partial charge in [-0.25, -0.2) is 0 Å². The number of carbonyl (C=O) groups excluding carboxylic acids is 2. The summed E-state index contributed by atoms with van der Waals surface area (Å²) in [5.74, 6) is -0.613.